The molecule has 1 saturated heterocycles. The molecule has 5 nitrogen and oxygen atoms in total. The van der Waals surface area contributed by atoms with Crippen molar-refractivity contribution in [2.75, 3.05) is 39.4 Å². The minimum absolute atomic E-state index is 0.560. The van der Waals surface area contributed by atoms with Gasteiger partial charge in [0.1, 0.15) is 13.2 Å². The molecule has 4 rings (SSSR count). The lowest BCUT2D eigenvalue weighted by Gasteiger charge is -2.34. The molecule has 0 saturated carbocycles. The lowest BCUT2D eigenvalue weighted by Crippen LogP contribution is -2.45. The molecule has 25 heavy (non-hydrogen) atoms. The van der Waals surface area contributed by atoms with E-state index >= 15 is 0 Å². The fourth-order valence-electron chi connectivity index (χ4n) is 3.34. The smallest absolute Gasteiger partial charge is 0.179 e. The number of pyridine rings is 1. The minimum atomic E-state index is 0.560. The Labute approximate surface area is 153 Å². The van der Waals surface area contributed by atoms with E-state index in [0.29, 0.717) is 24.0 Å². The van der Waals surface area contributed by atoms with Gasteiger partial charge in [-0.25, -0.2) is 0 Å². The lowest BCUT2D eigenvalue weighted by molar-refractivity contribution is 0.120. The van der Waals surface area contributed by atoms with Gasteiger partial charge in [-0.05, 0) is 29.8 Å². The molecule has 0 radical (unpaired) electrons. The van der Waals surface area contributed by atoms with E-state index in [1.165, 1.54) is 5.56 Å². The van der Waals surface area contributed by atoms with Gasteiger partial charge in [-0.1, -0.05) is 17.7 Å². The van der Waals surface area contributed by atoms with E-state index in [9.17, 15) is 0 Å². The van der Waals surface area contributed by atoms with Crippen molar-refractivity contribution < 1.29 is 9.47 Å². The third-order valence-electron chi connectivity index (χ3n) is 4.64. The summed E-state index contributed by atoms with van der Waals surface area (Å²) in [5.74, 6) is 1.44. The first-order chi connectivity index (χ1) is 12.3. The Balaban J connectivity index is 1.33. The largest absolute Gasteiger partial charge is 0.486 e. The van der Waals surface area contributed by atoms with Crippen molar-refractivity contribution in [3.05, 3.63) is 52.8 Å². The van der Waals surface area contributed by atoms with Crippen molar-refractivity contribution in [2.24, 2.45) is 0 Å². The van der Waals surface area contributed by atoms with E-state index in [-0.39, 0.29) is 0 Å². The van der Waals surface area contributed by atoms with Crippen LogP contribution in [0.25, 0.3) is 0 Å². The van der Waals surface area contributed by atoms with Gasteiger partial charge in [0.2, 0.25) is 0 Å². The number of aromatic nitrogens is 1. The maximum Gasteiger partial charge on any atom is 0.179 e. The normalized spacial score (nSPS) is 18.3. The van der Waals surface area contributed by atoms with E-state index < -0.39 is 0 Å². The molecule has 3 heterocycles. The topological polar surface area (TPSA) is 37.8 Å². The van der Waals surface area contributed by atoms with Crippen molar-refractivity contribution in [2.45, 2.75) is 13.1 Å². The molecule has 6 heteroatoms. The van der Waals surface area contributed by atoms with E-state index in [1.807, 2.05) is 24.4 Å². The number of hydrogen-bond acceptors (Lipinski definition) is 5. The maximum atomic E-state index is 6.34. The molecular formula is C19H22ClN3O2. The predicted octanol–water partition coefficient (Wildman–Crippen LogP) is 2.82. The molecule has 2 aliphatic rings. The van der Waals surface area contributed by atoms with Crippen LogP contribution in [0.3, 0.4) is 0 Å². The summed E-state index contributed by atoms with van der Waals surface area (Å²) < 4.78 is 11.3. The number of hydrogen-bond donors (Lipinski definition) is 0. The number of benzene rings is 1. The second-order valence-corrected chi connectivity index (χ2v) is 6.88. The van der Waals surface area contributed by atoms with Crippen LogP contribution in [0.5, 0.6) is 11.5 Å². The fraction of sp³-hybridized carbons (Fsp3) is 0.421. The molecule has 1 fully saturated rings. The van der Waals surface area contributed by atoms with Gasteiger partial charge in [0.15, 0.2) is 11.5 Å². The highest BCUT2D eigenvalue weighted by molar-refractivity contribution is 6.32. The summed E-state index contributed by atoms with van der Waals surface area (Å²) >= 11 is 6.34. The Kier molecular flexibility index (Phi) is 5.06. The third-order valence-corrected chi connectivity index (χ3v) is 4.92. The Hall–Kier alpha value is -1.82. The van der Waals surface area contributed by atoms with Gasteiger partial charge in [0.25, 0.3) is 0 Å². The molecule has 132 valence electrons. The van der Waals surface area contributed by atoms with E-state index in [0.717, 1.165) is 50.7 Å². The van der Waals surface area contributed by atoms with Gasteiger partial charge in [-0.3, -0.25) is 14.8 Å². The van der Waals surface area contributed by atoms with Gasteiger partial charge < -0.3 is 9.47 Å². The zero-order valence-electron chi connectivity index (χ0n) is 14.2. The number of halogens is 1. The number of rotatable bonds is 4. The zero-order chi connectivity index (χ0) is 17.1. The highest BCUT2D eigenvalue weighted by Crippen LogP contribution is 2.38. The van der Waals surface area contributed by atoms with Crippen LogP contribution in [0.1, 0.15) is 11.3 Å². The molecule has 1 aromatic heterocycles. The molecule has 0 atom stereocenters. The monoisotopic (exact) mass is 359 g/mol. The van der Waals surface area contributed by atoms with E-state index in [2.05, 4.69) is 26.9 Å². The van der Waals surface area contributed by atoms with E-state index in [4.69, 9.17) is 21.1 Å². The molecule has 2 aliphatic heterocycles. The first-order valence-electron chi connectivity index (χ1n) is 8.70. The van der Waals surface area contributed by atoms with Crippen molar-refractivity contribution in [3.63, 3.8) is 0 Å². The van der Waals surface area contributed by atoms with Crippen LogP contribution in [-0.4, -0.2) is 54.2 Å². The lowest BCUT2D eigenvalue weighted by atomic mass is 10.1. The predicted molar refractivity (Wildman–Crippen MR) is 97.2 cm³/mol. The van der Waals surface area contributed by atoms with Crippen LogP contribution < -0.4 is 9.47 Å². The Morgan fingerprint density at radius 1 is 0.960 bits per heavy atom. The van der Waals surface area contributed by atoms with Gasteiger partial charge in [0, 0.05) is 45.5 Å². The number of ether oxygens (including phenoxy) is 2. The van der Waals surface area contributed by atoms with Crippen LogP contribution in [-0.2, 0) is 13.1 Å². The molecule has 1 aromatic carbocycles. The van der Waals surface area contributed by atoms with E-state index in [1.54, 1.807) is 0 Å². The van der Waals surface area contributed by atoms with Crippen molar-refractivity contribution in [1.82, 2.24) is 14.8 Å². The highest BCUT2D eigenvalue weighted by Gasteiger charge is 2.20. The minimum Gasteiger partial charge on any atom is -0.486 e. The Morgan fingerprint density at radius 2 is 1.72 bits per heavy atom. The average molecular weight is 360 g/mol. The second-order valence-electron chi connectivity index (χ2n) is 6.48. The third kappa shape index (κ3) is 4.06. The Morgan fingerprint density at radius 3 is 2.48 bits per heavy atom. The molecule has 2 aromatic rings. The van der Waals surface area contributed by atoms with Gasteiger partial charge in [-0.2, -0.15) is 0 Å². The van der Waals surface area contributed by atoms with Gasteiger partial charge in [-0.15, -0.1) is 0 Å². The summed E-state index contributed by atoms with van der Waals surface area (Å²) in [5.41, 5.74) is 2.31. The van der Waals surface area contributed by atoms with Crippen LogP contribution in [0, 0.1) is 0 Å². The quantitative estimate of drug-likeness (QED) is 0.839. The van der Waals surface area contributed by atoms with Crippen LogP contribution >= 0.6 is 11.6 Å². The maximum absolute atomic E-state index is 6.34. The molecule has 0 amide bonds. The second kappa shape index (κ2) is 7.60. The summed E-state index contributed by atoms with van der Waals surface area (Å²) in [5, 5.41) is 0.640. The number of piperazine rings is 1. The summed E-state index contributed by atoms with van der Waals surface area (Å²) in [4.78, 5) is 9.32. The molecule has 0 bridgehead atoms. The fourth-order valence-corrected chi connectivity index (χ4v) is 3.63. The summed E-state index contributed by atoms with van der Waals surface area (Å²) in [6, 6.07) is 10.1. The van der Waals surface area contributed by atoms with Gasteiger partial charge >= 0.3 is 0 Å². The van der Waals surface area contributed by atoms with Gasteiger partial charge in [0.05, 0.1) is 10.7 Å². The summed E-state index contributed by atoms with van der Waals surface area (Å²) in [7, 11) is 0. The SMILES string of the molecule is Clc1cc(CN2CCN(Cc3ccccn3)CC2)cc2c1OCCO2. The van der Waals surface area contributed by atoms with Crippen LogP contribution in [0.15, 0.2) is 36.5 Å². The molecular weight excluding hydrogens is 338 g/mol. The van der Waals surface area contributed by atoms with Crippen molar-refractivity contribution >= 4 is 11.6 Å². The highest BCUT2D eigenvalue weighted by atomic mass is 35.5. The average Bonchev–Trinajstić information content (AvgIpc) is 2.64. The first-order valence-corrected chi connectivity index (χ1v) is 9.08. The molecule has 0 unspecified atom stereocenters. The van der Waals surface area contributed by atoms with Crippen LogP contribution in [0.4, 0.5) is 0 Å². The molecule has 0 N–H and O–H groups in total. The molecule has 0 spiro atoms. The summed E-state index contributed by atoms with van der Waals surface area (Å²) in [6.07, 6.45) is 1.86. The molecule has 0 aliphatic carbocycles. The first kappa shape index (κ1) is 16.6. The summed E-state index contributed by atoms with van der Waals surface area (Å²) in [6.45, 7) is 7.13. The Bertz CT molecular complexity index is 718. The van der Waals surface area contributed by atoms with Crippen molar-refractivity contribution in [1.29, 1.82) is 0 Å². The standard InChI is InChI=1S/C19H22ClN3O2/c20-17-11-15(12-18-19(17)25-10-9-24-18)13-22-5-7-23(8-6-22)14-16-3-1-2-4-21-16/h1-4,11-12H,5-10,13-14H2. The zero-order valence-corrected chi connectivity index (χ0v) is 14.9. The number of fused-ring (bicyclic) bond motifs is 1. The number of nitrogens with zero attached hydrogens (tertiary/aromatic N) is 3. The van der Waals surface area contributed by atoms with Crippen LogP contribution in [0.2, 0.25) is 5.02 Å². The van der Waals surface area contributed by atoms with Crippen molar-refractivity contribution in [3.8, 4) is 11.5 Å².